The lowest BCUT2D eigenvalue weighted by Gasteiger charge is -2.36. The standard InChI is InChI=1S/C24H31N5OS/c1-17(2)13-21(23(26)30)29(24(16-25)7-8-24)22-15-31-14-20(22)18-3-5-19(6-4-18)28-11-9-27-10-12-28/h3-6,14-15,17,21,27H,7-13H2,1-2H3,(H2,26,30)/t21-/m0/s1. The van der Waals surface area contributed by atoms with Gasteiger partial charge in [0.15, 0.2) is 0 Å². The van der Waals surface area contributed by atoms with Crippen LogP contribution in [0.5, 0.6) is 0 Å². The zero-order chi connectivity index (χ0) is 22.0. The second-order valence-corrected chi connectivity index (χ2v) is 9.76. The Morgan fingerprint density at radius 1 is 1.26 bits per heavy atom. The van der Waals surface area contributed by atoms with Crippen LogP contribution in [0.2, 0.25) is 0 Å². The summed E-state index contributed by atoms with van der Waals surface area (Å²) < 4.78 is 0. The van der Waals surface area contributed by atoms with Crippen molar-refractivity contribution in [2.24, 2.45) is 11.7 Å². The molecule has 2 heterocycles. The van der Waals surface area contributed by atoms with Crippen molar-refractivity contribution in [3.8, 4) is 17.2 Å². The molecule has 1 atom stereocenters. The maximum absolute atomic E-state index is 12.5. The summed E-state index contributed by atoms with van der Waals surface area (Å²) in [4.78, 5) is 16.9. The molecule has 0 bridgehead atoms. The number of carbonyl (C=O) groups is 1. The number of primary amides is 1. The van der Waals surface area contributed by atoms with Gasteiger partial charge in [0.2, 0.25) is 5.91 Å². The summed E-state index contributed by atoms with van der Waals surface area (Å²) in [6, 6.07) is 10.6. The van der Waals surface area contributed by atoms with E-state index in [-0.39, 0.29) is 5.91 Å². The van der Waals surface area contributed by atoms with Gasteiger partial charge in [0.1, 0.15) is 11.6 Å². The Bertz CT molecular complexity index is 951. The fourth-order valence-corrected chi connectivity index (χ4v) is 5.32. The molecule has 164 valence electrons. The monoisotopic (exact) mass is 437 g/mol. The molecular weight excluding hydrogens is 406 g/mol. The summed E-state index contributed by atoms with van der Waals surface area (Å²) in [7, 11) is 0. The van der Waals surface area contributed by atoms with Crippen LogP contribution in [0, 0.1) is 17.2 Å². The van der Waals surface area contributed by atoms with Crippen LogP contribution in [-0.4, -0.2) is 43.7 Å². The summed E-state index contributed by atoms with van der Waals surface area (Å²) in [6.07, 6.45) is 2.17. The van der Waals surface area contributed by atoms with Crippen molar-refractivity contribution in [1.82, 2.24) is 5.32 Å². The van der Waals surface area contributed by atoms with Crippen molar-refractivity contribution in [2.45, 2.75) is 44.7 Å². The van der Waals surface area contributed by atoms with Gasteiger partial charge < -0.3 is 20.9 Å². The second-order valence-electron chi connectivity index (χ2n) is 9.02. The highest BCUT2D eigenvalue weighted by Crippen LogP contribution is 2.49. The van der Waals surface area contributed by atoms with Crippen molar-refractivity contribution in [3.05, 3.63) is 35.0 Å². The van der Waals surface area contributed by atoms with Gasteiger partial charge in [-0.1, -0.05) is 26.0 Å². The zero-order valence-corrected chi connectivity index (χ0v) is 19.1. The molecule has 1 saturated carbocycles. The first-order valence-corrected chi connectivity index (χ1v) is 12.0. The first-order chi connectivity index (χ1) is 14.9. The van der Waals surface area contributed by atoms with Gasteiger partial charge in [0, 0.05) is 48.2 Å². The molecule has 2 aliphatic rings. The molecule has 0 radical (unpaired) electrons. The number of amides is 1. The number of nitriles is 1. The van der Waals surface area contributed by atoms with Gasteiger partial charge in [-0.15, -0.1) is 11.3 Å². The second kappa shape index (κ2) is 8.89. The number of thiophene rings is 1. The first kappa shape index (κ1) is 21.7. The fraction of sp³-hybridized carbons (Fsp3) is 0.500. The van der Waals surface area contributed by atoms with Crippen molar-refractivity contribution in [2.75, 3.05) is 36.0 Å². The van der Waals surface area contributed by atoms with Crippen molar-refractivity contribution < 1.29 is 4.79 Å². The number of rotatable bonds is 8. The van der Waals surface area contributed by atoms with E-state index in [1.165, 1.54) is 5.69 Å². The maximum atomic E-state index is 12.5. The SMILES string of the molecule is CC(C)C[C@@H](C(N)=O)N(c1cscc1-c1ccc(N2CCNCC2)cc1)C1(C#N)CC1. The smallest absolute Gasteiger partial charge is 0.240 e. The summed E-state index contributed by atoms with van der Waals surface area (Å²) in [5.74, 6) is -0.0590. The number of piperazine rings is 1. The largest absolute Gasteiger partial charge is 0.369 e. The Hall–Kier alpha value is -2.56. The van der Waals surface area contributed by atoms with Gasteiger partial charge in [0.05, 0.1) is 11.8 Å². The number of hydrogen-bond donors (Lipinski definition) is 2. The number of nitrogens with two attached hydrogens (primary N) is 1. The molecule has 2 fully saturated rings. The topological polar surface area (TPSA) is 85.4 Å². The van der Waals surface area contributed by atoms with Crippen molar-refractivity contribution in [1.29, 1.82) is 5.26 Å². The molecular formula is C24H31N5OS. The molecule has 3 N–H and O–H groups in total. The summed E-state index contributed by atoms with van der Waals surface area (Å²) in [5.41, 5.74) is 9.57. The van der Waals surface area contributed by atoms with Crippen LogP contribution in [0.25, 0.3) is 11.1 Å². The van der Waals surface area contributed by atoms with Crippen molar-refractivity contribution in [3.63, 3.8) is 0 Å². The summed E-state index contributed by atoms with van der Waals surface area (Å²) in [6.45, 7) is 8.21. The third-order valence-corrected chi connectivity index (χ3v) is 7.02. The average Bonchev–Trinajstić information content (AvgIpc) is 3.42. The molecule has 1 amide bonds. The van der Waals surface area contributed by atoms with Gasteiger partial charge in [-0.05, 0) is 42.9 Å². The third-order valence-electron chi connectivity index (χ3n) is 6.29. The molecule has 0 unspecified atom stereocenters. The Morgan fingerprint density at radius 3 is 2.48 bits per heavy atom. The van der Waals surface area contributed by atoms with E-state index in [0.29, 0.717) is 12.3 Å². The molecule has 1 aromatic heterocycles. The molecule has 4 rings (SSSR count). The number of hydrogen-bond acceptors (Lipinski definition) is 6. The van der Waals surface area contributed by atoms with Crippen LogP contribution < -0.4 is 20.9 Å². The van der Waals surface area contributed by atoms with Crippen LogP contribution in [0.15, 0.2) is 35.0 Å². The van der Waals surface area contributed by atoms with E-state index in [1.807, 2.05) is 4.90 Å². The molecule has 7 heteroatoms. The number of anilines is 2. The van der Waals surface area contributed by atoms with E-state index in [9.17, 15) is 10.1 Å². The van der Waals surface area contributed by atoms with Gasteiger partial charge >= 0.3 is 0 Å². The van der Waals surface area contributed by atoms with Crippen LogP contribution >= 0.6 is 11.3 Å². The van der Waals surface area contributed by atoms with E-state index < -0.39 is 11.6 Å². The number of nitrogens with zero attached hydrogens (tertiary/aromatic N) is 3. The predicted octanol–water partition coefficient (Wildman–Crippen LogP) is 3.59. The van der Waals surface area contributed by atoms with Crippen LogP contribution in [-0.2, 0) is 4.79 Å². The quantitative estimate of drug-likeness (QED) is 0.659. The van der Waals surface area contributed by atoms with Crippen LogP contribution in [0.4, 0.5) is 11.4 Å². The van der Waals surface area contributed by atoms with E-state index in [0.717, 1.165) is 55.8 Å². The lowest BCUT2D eigenvalue weighted by atomic mass is 9.97. The van der Waals surface area contributed by atoms with Gasteiger partial charge in [-0.3, -0.25) is 4.79 Å². The number of nitrogens with one attached hydrogen (secondary N) is 1. The van der Waals surface area contributed by atoms with Gasteiger partial charge in [0.25, 0.3) is 0 Å². The highest BCUT2D eigenvalue weighted by atomic mass is 32.1. The van der Waals surface area contributed by atoms with E-state index >= 15 is 0 Å². The Labute approximate surface area is 188 Å². The molecule has 1 saturated heterocycles. The van der Waals surface area contributed by atoms with Gasteiger partial charge in [-0.25, -0.2) is 0 Å². The Kier molecular flexibility index (Phi) is 6.22. The number of benzene rings is 1. The number of carbonyl (C=O) groups excluding carboxylic acids is 1. The van der Waals surface area contributed by atoms with E-state index in [4.69, 9.17) is 5.73 Å². The maximum Gasteiger partial charge on any atom is 0.240 e. The van der Waals surface area contributed by atoms with Crippen LogP contribution in [0.1, 0.15) is 33.1 Å². The molecule has 1 aromatic carbocycles. The summed E-state index contributed by atoms with van der Waals surface area (Å²) in [5, 5.41) is 17.5. The predicted molar refractivity (Wildman–Crippen MR) is 127 cm³/mol. The minimum absolute atomic E-state index is 0.301. The molecule has 31 heavy (non-hydrogen) atoms. The van der Waals surface area contributed by atoms with Crippen molar-refractivity contribution >= 4 is 28.6 Å². The molecule has 1 aliphatic carbocycles. The third kappa shape index (κ3) is 4.41. The highest BCUT2D eigenvalue weighted by Gasteiger charge is 2.53. The highest BCUT2D eigenvalue weighted by molar-refractivity contribution is 7.08. The minimum atomic E-state index is -0.634. The summed E-state index contributed by atoms with van der Waals surface area (Å²) >= 11 is 1.60. The Balaban J connectivity index is 1.69. The normalized spacial score (nSPS) is 18.5. The van der Waals surface area contributed by atoms with E-state index in [1.54, 1.807) is 11.3 Å². The molecule has 1 aliphatic heterocycles. The average molecular weight is 438 g/mol. The van der Waals surface area contributed by atoms with E-state index in [2.05, 4.69) is 65.2 Å². The Morgan fingerprint density at radius 2 is 1.94 bits per heavy atom. The lowest BCUT2D eigenvalue weighted by Crippen LogP contribution is -2.52. The van der Waals surface area contributed by atoms with Gasteiger partial charge in [-0.2, -0.15) is 5.26 Å². The fourth-order valence-electron chi connectivity index (χ4n) is 4.48. The lowest BCUT2D eigenvalue weighted by molar-refractivity contribution is -0.119. The minimum Gasteiger partial charge on any atom is -0.369 e. The first-order valence-electron chi connectivity index (χ1n) is 11.1. The molecule has 6 nitrogen and oxygen atoms in total. The van der Waals surface area contributed by atoms with Crippen LogP contribution in [0.3, 0.4) is 0 Å². The molecule has 2 aromatic rings. The zero-order valence-electron chi connectivity index (χ0n) is 18.3. The molecule has 0 spiro atoms.